The molecule has 0 radical (unpaired) electrons. The highest BCUT2D eigenvalue weighted by Crippen LogP contribution is 2.19. The second-order valence-electron chi connectivity index (χ2n) is 4.74. The molecule has 0 aliphatic heterocycles. The molecule has 112 valence electrons. The van der Waals surface area contributed by atoms with E-state index in [-0.39, 0.29) is 15.5 Å². The first-order chi connectivity index (χ1) is 9.68. The molecule has 0 aromatic heterocycles. The van der Waals surface area contributed by atoms with Crippen LogP contribution in [0.15, 0.2) is 58.3 Å². The van der Waals surface area contributed by atoms with E-state index >= 15 is 0 Å². The largest absolute Gasteiger partial charge is 0.399 e. The van der Waals surface area contributed by atoms with Crippen LogP contribution >= 0.6 is 0 Å². The van der Waals surface area contributed by atoms with Gasteiger partial charge in [0.2, 0.25) is 0 Å². The summed E-state index contributed by atoms with van der Waals surface area (Å²) in [7, 11) is -6.86. The summed E-state index contributed by atoms with van der Waals surface area (Å²) in [4.78, 5) is 0.181. The van der Waals surface area contributed by atoms with Gasteiger partial charge in [0.25, 0.3) is 0 Å². The standard InChI is InChI=1S/C14H15NO4S2/c1-20(16,17)13-6-8-14(9-7-13)21(18,19)10-11-2-4-12(15)5-3-11/h2-9H,10,15H2,1H3. The fraction of sp³-hybridized carbons (Fsp3) is 0.143. The van der Waals surface area contributed by atoms with Gasteiger partial charge in [0.05, 0.1) is 15.5 Å². The van der Waals surface area contributed by atoms with Crippen molar-refractivity contribution in [2.45, 2.75) is 15.5 Å². The van der Waals surface area contributed by atoms with Gasteiger partial charge in [-0.3, -0.25) is 0 Å². The molecule has 0 saturated heterocycles. The van der Waals surface area contributed by atoms with Gasteiger partial charge in [-0.25, -0.2) is 16.8 Å². The van der Waals surface area contributed by atoms with Crippen LogP contribution in [0.3, 0.4) is 0 Å². The predicted octanol–water partition coefficient (Wildman–Crippen LogP) is 1.65. The Hall–Kier alpha value is -1.86. The molecule has 0 unspecified atom stereocenters. The van der Waals surface area contributed by atoms with E-state index in [1.54, 1.807) is 24.3 Å². The van der Waals surface area contributed by atoms with Crippen LogP contribution in [-0.2, 0) is 25.4 Å². The van der Waals surface area contributed by atoms with Crippen molar-refractivity contribution in [3.05, 3.63) is 54.1 Å². The minimum atomic E-state index is -3.52. The van der Waals surface area contributed by atoms with Crippen molar-refractivity contribution in [2.75, 3.05) is 12.0 Å². The average molecular weight is 325 g/mol. The molecule has 5 nitrogen and oxygen atoms in total. The van der Waals surface area contributed by atoms with E-state index < -0.39 is 19.7 Å². The van der Waals surface area contributed by atoms with Crippen LogP contribution < -0.4 is 5.73 Å². The van der Waals surface area contributed by atoms with E-state index in [0.717, 1.165) is 6.26 Å². The van der Waals surface area contributed by atoms with Crippen LogP contribution in [0.1, 0.15) is 5.56 Å². The highest BCUT2D eigenvalue weighted by atomic mass is 32.2. The van der Waals surface area contributed by atoms with Crippen molar-refractivity contribution in [2.24, 2.45) is 0 Å². The zero-order valence-corrected chi connectivity index (χ0v) is 13.0. The zero-order valence-electron chi connectivity index (χ0n) is 11.4. The minimum Gasteiger partial charge on any atom is -0.399 e. The first kappa shape index (κ1) is 15.5. The van der Waals surface area contributed by atoms with Crippen LogP contribution in [0.25, 0.3) is 0 Å². The van der Waals surface area contributed by atoms with Gasteiger partial charge in [0.15, 0.2) is 19.7 Å². The molecule has 2 N–H and O–H groups in total. The number of hydrogen-bond donors (Lipinski definition) is 1. The lowest BCUT2D eigenvalue weighted by Crippen LogP contribution is -2.06. The van der Waals surface area contributed by atoms with E-state index in [2.05, 4.69) is 0 Å². The van der Waals surface area contributed by atoms with E-state index in [1.165, 1.54) is 24.3 Å². The first-order valence-corrected chi connectivity index (χ1v) is 9.60. The molecule has 0 amide bonds. The fourth-order valence-corrected chi connectivity index (χ4v) is 3.79. The highest BCUT2D eigenvalue weighted by molar-refractivity contribution is 7.91. The second-order valence-corrected chi connectivity index (χ2v) is 8.75. The van der Waals surface area contributed by atoms with Crippen molar-refractivity contribution in [3.63, 3.8) is 0 Å². The summed E-state index contributed by atoms with van der Waals surface area (Å²) in [5, 5.41) is 0. The molecule has 2 aromatic rings. The van der Waals surface area contributed by atoms with Crippen LogP contribution in [0, 0.1) is 0 Å². The Kier molecular flexibility index (Phi) is 4.06. The van der Waals surface area contributed by atoms with Gasteiger partial charge in [0.1, 0.15) is 0 Å². The molecule has 0 bridgehead atoms. The summed E-state index contributed by atoms with van der Waals surface area (Å²) >= 11 is 0. The molecule has 7 heteroatoms. The van der Waals surface area contributed by atoms with E-state index in [0.29, 0.717) is 11.3 Å². The lowest BCUT2D eigenvalue weighted by atomic mass is 10.2. The summed E-state index contributed by atoms with van der Waals surface area (Å²) in [5.41, 5.74) is 6.74. The Balaban J connectivity index is 2.29. The van der Waals surface area contributed by atoms with Crippen LogP contribution in [0.4, 0.5) is 5.69 Å². The summed E-state index contributed by atoms with van der Waals surface area (Å²) in [6.45, 7) is 0. The lowest BCUT2D eigenvalue weighted by Gasteiger charge is -2.06. The molecule has 2 rings (SSSR count). The minimum absolute atomic E-state index is 0.0896. The summed E-state index contributed by atoms with van der Waals surface area (Å²) < 4.78 is 47.2. The third kappa shape index (κ3) is 3.83. The highest BCUT2D eigenvalue weighted by Gasteiger charge is 2.16. The number of rotatable bonds is 4. The number of hydrogen-bond acceptors (Lipinski definition) is 5. The van der Waals surface area contributed by atoms with Crippen molar-refractivity contribution >= 4 is 25.4 Å². The van der Waals surface area contributed by atoms with Gasteiger partial charge in [0, 0.05) is 11.9 Å². The number of sulfone groups is 2. The molecule has 0 atom stereocenters. The van der Waals surface area contributed by atoms with Crippen LogP contribution in [0.5, 0.6) is 0 Å². The number of nitrogens with two attached hydrogens (primary N) is 1. The topological polar surface area (TPSA) is 94.3 Å². The summed E-state index contributed by atoms with van der Waals surface area (Å²) in [5.74, 6) is -0.161. The first-order valence-electron chi connectivity index (χ1n) is 6.06. The van der Waals surface area contributed by atoms with Crippen molar-refractivity contribution in [1.29, 1.82) is 0 Å². The predicted molar refractivity (Wildman–Crippen MR) is 81.3 cm³/mol. The maximum absolute atomic E-state index is 12.3. The molecule has 0 saturated carbocycles. The zero-order chi connectivity index (χ0) is 15.7. The van der Waals surface area contributed by atoms with E-state index in [4.69, 9.17) is 5.73 Å². The average Bonchev–Trinajstić information content (AvgIpc) is 2.40. The maximum atomic E-state index is 12.3. The third-order valence-corrected chi connectivity index (χ3v) is 5.78. The summed E-state index contributed by atoms with van der Waals surface area (Å²) in [6, 6.07) is 11.8. The molecular weight excluding hydrogens is 310 g/mol. The number of anilines is 1. The third-order valence-electron chi connectivity index (χ3n) is 2.95. The van der Waals surface area contributed by atoms with Gasteiger partial charge in [-0.1, -0.05) is 12.1 Å². The quantitative estimate of drug-likeness (QED) is 0.863. The van der Waals surface area contributed by atoms with Crippen molar-refractivity contribution < 1.29 is 16.8 Å². The lowest BCUT2D eigenvalue weighted by molar-refractivity contribution is 0.593. The van der Waals surface area contributed by atoms with Gasteiger partial charge < -0.3 is 5.73 Å². The van der Waals surface area contributed by atoms with Crippen molar-refractivity contribution in [3.8, 4) is 0 Å². The van der Waals surface area contributed by atoms with Gasteiger partial charge in [-0.05, 0) is 42.0 Å². The molecule has 0 spiro atoms. The van der Waals surface area contributed by atoms with Gasteiger partial charge in [-0.2, -0.15) is 0 Å². The summed E-state index contributed by atoms with van der Waals surface area (Å²) in [6.07, 6.45) is 1.07. The number of nitrogen functional groups attached to an aromatic ring is 1. The van der Waals surface area contributed by atoms with Crippen molar-refractivity contribution in [1.82, 2.24) is 0 Å². The number of benzene rings is 2. The molecule has 0 aliphatic rings. The second kappa shape index (κ2) is 5.50. The molecule has 21 heavy (non-hydrogen) atoms. The van der Waals surface area contributed by atoms with Gasteiger partial charge >= 0.3 is 0 Å². The monoisotopic (exact) mass is 325 g/mol. The van der Waals surface area contributed by atoms with E-state index in [1.807, 2.05) is 0 Å². The fourth-order valence-electron chi connectivity index (χ4n) is 1.81. The van der Waals surface area contributed by atoms with Gasteiger partial charge in [-0.15, -0.1) is 0 Å². The smallest absolute Gasteiger partial charge is 0.182 e. The normalized spacial score (nSPS) is 12.2. The Morgan fingerprint density at radius 1 is 0.810 bits per heavy atom. The SMILES string of the molecule is CS(=O)(=O)c1ccc(S(=O)(=O)Cc2ccc(N)cc2)cc1. The Morgan fingerprint density at radius 3 is 1.76 bits per heavy atom. The molecule has 2 aromatic carbocycles. The van der Waals surface area contributed by atoms with Crippen LogP contribution in [0.2, 0.25) is 0 Å². The van der Waals surface area contributed by atoms with Crippen LogP contribution in [-0.4, -0.2) is 23.1 Å². The molecular formula is C14H15NO4S2. The molecule has 0 fully saturated rings. The Labute approximate surface area is 124 Å². The Morgan fingerprint density at radius 2 is 1.29 bits per heavy atom. The maximum Gasteiger partial charge on any atom is 0.182 e. The Bertz CT molecular complexity index is 837. The molecule has 0 aliphatic carbocycles. The van der Waals surface area contributed by atoms with E-state index in [9.17, 15) is 16.8 Å². The molecule has 0 heterocycles.